The zero-order chi connectivity index (χ0) is 13.2. The quantitative estimate of drug-likeness (QED) is 0.860. The molecular formula is C14H12F3N. The van der Waals surface area contributed by atoms with Crippen LogP contribution < -0.4 is 5.73 Å². The lowest BCUT2D eigenvalue weighted by atomic mass is 10.00. The largest absolute Gasteiger partial charge is 0.407 e. The van der Waals surface area contributed by atoms with Crippen molar-refractivity contribution >= 4 is 0 Å². The minimum atomic E-state index is -4.42. The number of halogens is 3. The van der Waals surface area contributed by atoms with Crippen LogP contribution in [0.4, 0.5) is 13.2 Å². The monoisotopic (exact) mass is 251 g/mol. The molecule has 0 bridgehead atoms. The van der Waals surface area contributed by atoms with E-state index in [1.165, 1.54) is 12.1 Å². The van der Waals surface area contributed by atoms with Gasteiger partial charge in [0, 0.05) is 0 Å². The molecule has 2 aromatic rings. The van der Waals surface area contributed by atoms with Crippen LogP contribution in [0, 0.1) is 0 Å². The number of rotatable bonds is 2. The highest BCUT2D eigenvalue weighted by Gasteiger charge is 2.37. The van der Waals surface area contributed by atoms with Crippen molar-refractivity contribution in [3.8, 4) is 11.1 Å². The van der Waals surface area contributed by atoms with Gasteiger partial charge in [0.05, 0.1) is 0 Å². The van der Waals surface area contributed by atoms with E-state index in [0.29, 0.717) is 0 Å². The second kappa shape index (κ2) is 4.82. The molecule has 94 valence electrons. The number of hydrogen-bond acceptors (Lipinski definition) is 1. The van der Waals surface area contributed by atoms with Crippen LogP contribution in [0.1, 0.15) is 11.6 Å². The highest BCUT2D eigenvalue weighted by Crippen LogP contribution is 2.32. The molecule has 0 radical (unpaired) electrons. The fraction of sp³-hybridized carbons (Fsp3) is 0.143. The van der Waals surface area contributed by atoms with Crippen molar-refractivity contribution in [1.82, 2.24) is 0 Å². The average molecular weight is 251 g/mol. The normalized spacial score (nSPS) is 13.3. The number of nitrogens with two attached hydrogens (primary N) is 1. The summed E-state index contributed by atoms with van der Waals surface area (Å²) in [5.74, 6) is 0. The van der Waals surface area contributed by atoms with E-state index in [9.17, 15) is 13.2 Å². The Morgan fingerprint density at radius 2 is 1.44 bits per heavy atom. The van der Waals surface area contributed by atoms with E-state index in [4.69, 9.17) is 5.73 Å². The van der Waals surface area contributed by atoms with Gasteiger partial charge in [-0.15, -0.1) is 0 Å². The van der Waals surface area contributed by atoms with Crippen molar-refractivity contribution < 1.29 is 13.2 Å². The zero-order valence-corrected chi connectivity index (χ0v) is 9.48. The standard InChI is InChI=1S/C14H12F3N/c15-14(16,17)13(18)12-8-4-7-11(9-12)10-5-2-1-3-6-10/h1-9,13H,18H2/t13-/m0/s1. The van der Waals surface area contributed by atoms with Crippen LogP contribution in [0.25, 0.3) is 11.1 Å². The summed E-state index contributed by atoms with van der Waals surface area (Å²) >= 11 is 0. The molecule has 1 atom stereocenters. The third-order valence-electron chi connectivity index (χ3n) is 2.71. The van der Waals surface area contributed by atoms with Gasteiger partial charge in [-0.25, -0.2) is 0 Å². The molecule has 0 aromatic heterocycles. The Balaban J connectivity index is 2.37. The van der Waals surface area contributed by atoms with Crippen LogP contribution in [0.5, 0.6) is 0 Å². The topological polar surface area (TPSA) is 26.0 Å². The number of hydrogen-bond donors (Lipinski definition) is 1. The molecule has 0 fully saturated rings. The molecule has 0 aliphatic heterocycles. The number of alkyl halides is 3. The molecule has 0 saturated heterocycles. The van der Waals surface area contributed by atoms with Crippen LogP contribution in [0.2, 0.25) is 0 Å². The first-order valence-corrected chi connectivity index (χ1v) is 5.46. The van der Waals surface area contributed by atoms with Crippen molar-refractivity contribution in [3.63, 3.8) is 0 Å². The highest BCUT2D eigenvalue weighted by atomic mass is 19.4. The predicted octanol–water partition coefficient (Wildman–Crippen LogP) is 3.92. The van der Waals surface area contributed by atoms with Crippen LogP contribution in [-0.4, -0.2) is 6.18 Å². The molecule has 2 aromatic carbocycles. The van der Waals surface area contributed by atoms with Crippen molar-refractivity contribution in [1.29, 1.82) is 0 Å². The van der Waals surface area contributed by atoms with Gasteiger partial charge in [0.25, 0.3) is 0 Å². The summed E-state index contributed by atoms with van der Waals surface area (Å²) < 4.78 is 37.6. The summed E-state index contributed by atoms with van der Waals surface area (Å²) in [6, 6.07) is 13.5. The molecule has 0 heterocycles. The number of benzene rings is 2. The molecule has 0 unspecified atom stereocenters. The van der Waals surface area contributed by atoms with Gasteiger partial charge in [-0.3, -0.25) is 0 Å². The molecule has 2 N–H and O–H groups in total. The lowest BCUT2D eigenvalue weighted by Gasteiger charge is -2.16. The van der Waals surface area contributed by atoms with E-state index >= 15 is 0 Å². The molecule has 0 saturated carbocycles. The lowest BCUT2D eigenvalue weighted by molar-refractivity contribution is -0.149. The summed E-state index contributed by atoms with van der Waals surface area (Å²) in [6.45, 7) is 0. The fourth-order valence-corrected chi connectivity index (χ4v) is 1.73. The molecule has 2 rings (SSSR count). The van der Waals surface area contributed by atoms with Gasteiger partial charge in [0.1, 0.15) is 6.04 Å². The predicted molar refractivity (Wildman–Crippen MR) is 64.9 cm³/mol. The van der Waals surface area contributed by atoms with Gasteiger partial charge >= 0.3 is 6.18 Å². The Bertz CT molecular complexity index is 520. The molecule has 1 nitrogen and oxygen atoms in total. The first kappa shape index (κ1) is 12.6. The van der Waals surface area contributed by atoms with E-state index in [1.54, 1.807) is 12.1 Å². The molecule has 0 aliphatic carbocycles. The second-order valence-electron chi connectivity index (χ2n) is 4.01. The second-order valence-corrected chi connectivity index (χ2v) is 4.01. The highest BCUT2D eigenvalue weighted by molar-refractivity contribution is 5.64. The van der Waals surface area contributed by atoms with E-state index in [0.717, 1.165) is 11.1 Å². The van der Waals surface area contributed by atoms with Gasteiger partial charge in [0.15, 0.2) is 0 Å². The van der Waals surface area contributed by atoms with E-state index in [1.807, 2.05) is 30.3 Å². The van der Waals surface area contributed by atoms with Gasteiger partial charge < -0.3 is 5.73 Å². The SMILES string of the molecule is N[C@@H](c1cccc(-c2ccccc2)c1)C(F)(F)F. The van der Waals surface area contributed by atoms with Gasteiger partial charge in [-0.05, 0) is 22.8 Å². The maximum absolute atomic E-state index is 12.5. The Hall–Kier alpha value is -1.81. The molecule has 0 spiro atoms. The average Bonchev–Trinajstić information content (AvgIpc) is 2.38. The van der Waals surface area contributed by atoms with Crippen molar-refractivity contribution in [2.75, 3.05) is 0 Å². The van der Waals surface area contributed by atoms with E-state index in [-0.39, 0.29) is 5.56 Å². The molecule has 4 heteroatoms. The van der Waals surface area contributed by atoms with Crippen LogP contribution in [0.15, 0.2) is 54.6 Å². The maximum atomic E-state index is 12.5. The Morgan fingerprint density at radius 3 is 2.06 bits per heavy atom. The van der Waals surface area contributed by atoms with E-state index < -0.39 is 12.2 Å². The van der Waals surface area contributed by atoms with Crippen LogP contribution >= 0.6 is 0 Å². The minimum absolute atomic E-state index is 0.0730. The summed E-state index contributed by atoms with van der Waals surface area (Å²) in [7, 11) is 0. The van der Waals surface area contributed by atoms with Crippen molar-refractivity contribution in [2.45, 2.75) is 12.2 Å². The van der Waals surface area contributed by atoms with E-state index in [2.05, 4.69) is 0 Å². The fourth-order valence-electron chi connectivity index (χ4n) is 1.73. The van der Waals surface area contributed by atoms with Crippen molar-refractivity contribution in [3.05, 3.63) is 60.2 Å². The minimum Gasteiger partial charge on any atom is -0.316 e. The van der Waals surface area contributed by atoms with Crippen LogP contribution in [-0.2, 0) is 0 Å². The smallest absolute Gasteiger partial charge is 0.316 e. The lowest BCUT2D eigenvalue weighted by Crippen LogP contribution is -2.28. The summed E-state index contributed by atoms with van der Waals surface area (Å²) in [5.41, 5.74) is 6.87. The summed E-state index contributed by atoms with van der Waals surface area (Å²) in [5, 5.41) is 0. The first-order valence-electron chi connectivity index (χ1n) is 5.46. The Morgan fingerprint density at radius 1 is 0.833 bits per heavy atom. The molecule has 0 aliphatic rings. The Labute approximate surface area is 103 Å². The maximum Gasteiger partial charge on any atom is 0.407 e. The Kier molecular flexibility index (Phi) is 3.39. The van der Waals surface area contributed by atoms with Crippen molar-refractivity contribution in [2.24, 2.45) is 5.73 Å². The molecule has 0 amide bonds. The summed E-state index contributed by atoms with van der Waals surface area (Å²) in [4.78, 5) is 0. The molecular weight excluding hydrogens is 239 g/mol. The van der Waals surface area contributed by atoms with Gasteiger partial charge in [0.2, 0.25) is 0 Å². The van der Waals surface area contributed by atoms with Gasteiger partial charge in [-0.1, -0.05) is 48.5 Å². The van der Waals surface area contributed by atoms with Crippen LogP contribution in [0.3, 0.4) is 0 Å². The summed E-state index contributed by atoms with van der Waals surface area (Å²) in [6.07, 6.45) is -4.42. The van der Waals surface area contributed by atoms with Gasteiger partial charge in [-0.2, -0.15) is 13.2 Å². The molecule has 18 heavy (non-hydrogen) atoms. The first-order chi connectivity index (χ1) is 8.48. The third-order valence-corrected chi connectivity index (χ3v) is 2.71. The third kappa shape index (κ3) is 2.71. The zero-order valence-electron chi connectivity index (χ0n) is 9.48.